The molecule has 0 aromatic heterocycles. The molecule has 1 atom stereocenters. The lowest BCUT2D eigenvalue weighted by Crippen LogP contribution is -2.16. The van der Waals surface area contributed by atoms with Crippen LogP contribution in [0, 0.1) is 6.07 Å². The zero-order valence-corrected chi connectivity index (χ0v) is 6.99. The molecule has 1 aromatic carbocycles. The van der Waals surface area contributed by atoms with Gasteiger partial charge in [-0.25, -0.2) is 0 Å². The summed E-state index contributed by atoms with van der Waals surface area (Å²) in [5.74, 6) is 0.715. The molecule has 0 amide bonds. The molecule has 1 rings (SSSR count). The van der Waals surface area contributed by atoms with Crippen LogP contribution in [-0.2, 0) is 4.79 Å². The summed E-state index contributed by atoms with van der Waals surface area (Å²) in [5, 5.41) is 0. The lowest BCUT2D eigenvalue weighted by Gasteiger charge is -2.10. The highest BCUT2D eigenvalue weighted by molar-refractivity contribution is 5.56. The van der Waals surface area contributed by atoms with Crippen molar-refractivity contribution in [1.29, 1.82) is 0 Å². The molecule has 0 bridgehead atoms. The number of carbonyl (C=O) groups is 1. The maximum Gasteiger partial charge on any atom is 0.160 e. The highest BCUT2D eigenvalue weighted by atomic mass is 16.5. The molecule has 1 unspecified atom stereocenters. The van der Waals surface area contributed by atoms with Crippen LogP contribution in [0.2, 0.25) is 0 Å². The van der Waals surface area contributed by atoms with Gasteiger partial charge in [-0.05, 0) is 24.6 Å². The van der Waals surface area contributed by atoms with E-state index in [0.717, 1.165) is 6.29 Å². The molecule has 0 fully saturated rings. The van der Waals surface area contributed by atoms with Gasteiger partial charge in [0.2, 0.25) is 0 Å². The molecule has 2 nitrogen and oxygen atoms in total. The SMILES string of the molecule is CCC(C=O)Oc1cc[c]cc1. The summed E-state index contributed by atoms with van der Waals surface area (Å²) in [6, 6.07) is 9.96. The summed E-state index contributed by atoms with van der Waals surface area (Å²) in [7, 11) is 0. The van der Waals surface area contributed by atoms with Gasteiger partial charge in [0.25, 0.3) is 0 Å². The molecule has 12 heavy (non-hydrogen) atoms. The molecule has 0 N–H and O–H groups in total. The average molecular weight is 163 g/mol. The Morgan fingerprint density at radius 1 is 1.58 bits per heavy atom. The smallest absolute Gasteiger partial charge is 0.160 e. The minimum absolute atomic E-state index is 0.326. The first kappa shape index (κ1) is 8.78. The van der Waals surface area contributed by atoms with Crippen LogP contribution in [0.25, 0.3) is 0 Å². The predicted molar refractivity (Wildman–Crippen MR) is 46.0 cm³/mol. The first-order chi connectivity index (χ1) is 5.86. The van der Waals surface area contributed by atoms with Crippen molar-refractivity contribution in [2.75, 3.05) is 0 Å². The first-order valence-electron chi connectivity index (χ1n) is 3.95. The summed E-state index contributed by atoms with van der Waals surface area (Å²) >= 11 is 0. The number of aldehydes is 1. The van der Waals surface area contributed by atoms with Crippen LogP contribution in [0.1, 0.15) is 13.3 Å². The Morgan fingerprint density at radius 2 is 2.25 bits per heavy atom. The summed E-state index contributed by atoms with van der Waals surface area (Å²) in [5.41, 5.74) is 0. The second-order valence-corrected chi connectivity index (χ2v) is 2.44. The largest absolute Gasteiger partial charge is 0.483 e. The number of benzene rings is 1. The van der Waals surface area contributed by atoms with E-state index in [9.17, 15) is 4.79 Å². The minimum Gasteiger partial charge on any atom is -0.483 e. The topological polar surface area (TPSA) is 26.3 Å². The third-order valence-electron chi connectivity index (χ3n) is 1.53. The summed E-state index contributed by atoms with van der Waals surface area (Å²) < 4.78 is 5.32. The standard InChI is InChI=1S/C10H11O2/c1-2-9(8-11)12-10-6-4-3-5-7-10/h4-9H,2H2,1H3. The normalized spacial score (nSPS) is 12.1. The van der Waals surface area contributed by atoms with Crippen LogP contribution in [0.3, 0.4) is 0 Å². The maximum atomic E-state index is 10.4. The zero-order valence-electron chi connectivity index (χ0n) is 6.99. The molecule has 0 saturated heterocycles. The van der Waals surface area contributed by atoms with Crippen LogP contribution in [0.15, 0.2) is 24.3 Å². The fraction of sp³-hybridized carbons (Fsp3) is 0.300. The van der Waals surface area contributed by atoms with Crippen LogP contribution >= 0.6 is 0 Å². The molecule has 1 radical (unpaired) electrons. The molecule has 2 heteroatoms. The van der Waals surface area contributed by atoms with Gasteiger partial charge in [-0.3, -0.25) is 4.79 Å². The summed E-state index contributed by atoms with van der Waals surface area (Å²) in [6.07, 6.45) is 1.19. The average Bonchev–Trinajstić information content (AvgIpc) is 2.16. The fourth-order valence-corrected chi connectivity index (χ4v) is 0.832. The fourth-order valence-electron chi connectivity index (χ4n) is 0.832. The van der Waals surface area contributed by atoms with Gasteiger partial charge in [0.1, 0.15) is 5.75 Å². The molecule has 63 valence electrons. The van der Waals surface area contributed by atoms with Gasteiger partial charge >= 0.3 is 0 Å². The Balaban J connectivity index is 2.56. The van der Waals surface area contributed by atoms with Gasteiger partial charge in [0, 0.05) is 0 Å². The van der Waals surface area contributed by atoms with E-state index in [4.69, 9.17) is 4.74 Å². The number of ether oxygens (including phenoxy) is 1. The van der Waals surface area contributed by atoms with Crippen LogP contribution in [-0.4, -0.2) is 12.4 Å². The molecule has 0 heterocycles. The van der Waals surface area contributed by atoms with Crippen molar-refractivity contribution < 1.29 is 9.53 Å². The molecule has 0 saturated carbocycles. The van der Waals surface area contributed by atoms with Crippen LogP contribution in [0.5, 0.6) is 5.75 Å². The van der Waals surface area contributed by atoms with Crippen molar-refractivity contribution in [2.24, 2.45) is 0 Å². The second-order valence-electron chi connectivity index (χ2n) is 2.44. The summed E-state index contributed by atoms with van der Waals surface area (Å²) in [4.78, 5) is 10.4. The maximum absolute atomic E-state index is 10.4. The lowest BCUT2D eigenvalue weighted by atomic mass is 10.3. The van der Waals surface area contributed by atoms with Gasteiger partial charge in [0.05, 0.1) is 0 Å². The Bertz CT molecular complexity index is 231. The van der Waals surface area contributed by atoms with E-state index in [0.29, 0.717) is 12.2 Å². The van der Waals surface area contributed by atoms with E-state index in [1.807, 2.05) is 6.92 Å². The van der Waals surface area contributed by atoms with Crippen molar-refractivity contribution in [1.82, 2.24) is 0 Å². The van der Waals surface area contributed by atoms with Crippen molar-refractivity contribution in [2.45, 2.75) is 19.4 Å². The van der Waals surface area contributed by atoms with E-state index in [-0.39, 0.29) is 6.10 Å². The predicted octanol–water partition coefficient (Wildman–Crippen LogP) is 1.84. The minimum atomic E-state index is -0.326. The third kappa shape index (κ3) is 2.38. The van der Waals surface area contributed by atoms with Gasteiger partial charge in [-0.15, -0.1) is 0 Å². The van der Waals surface area contributed by atoms with Crippen LogP contribution in [0.4, 0.5) is 0 Å². The van der Waals surface area contributed by atoms with E-state index in [1.165, 1.54) is 0 Å². The van der Waals surface area contributed by atoms with Gasteiger partial charge in [-0.2, -0.15) is 0 Å². The number of hydrogen-bond acceptors (Lipinski definition) is 2. The highest BCUT2D eigenvalue weighted by Gasteiger charge is 2.04. The van der Waals surface area contributed by atoms with E-state index >= 15 is 0 Å². The Kier molecular flexibility index (Phi) is 3.33. The van der Waals surface area contributed by atoms with Crippen molar-refractivity contribution >= 4 is 6.29 Å². The summed E-state index contributed by atoms with van der Waals surface area (Å²) in [6.45, 7) is 1.91. The lowest BCUT2D eigenvalue weighted by molar-refractivity contribution is -0.113. The second kappa shape index (κ2) is 4.54. The molecule has 1 aromatic rings. The van der Waals surface area contributed by atoms with Crippen molar-refractivity contribution in [3.8, 4) is 5.75 Å². The monoisotopic (exact) mass is 163 g/mol. The van der Waals surface area contributed by atoms with Crippen molar-refractivity contribution in [3.05, 3.63) is 30.3 Å². The molecule has 0 aliphatic carbocycles. The number of hydrogen-bond donors (Lipinski definition) is 0. The van der Waals surface area contributed by atoms with Crippen LogP contribution < -0.4 is 4.74 Å². The van der Waals surface area contributed by atoms with Gasteiger partial charge in [0.15, 0.2) is 12.4 Å². The Hall–Kier alpha value is -1.31. The molecule has 0 aliphatic rings. The number of rotatable bonds is 4. The molecule has 0 spiro atoms. The zero-order chi connectivity index (χ0) is 8.81. The van der Waals surface area contributed by atoms with Gasteiger partial charge < -0.3 is 4.74 Å². The molecule has 0 aliphatic heterocycles. The van der Waals surface area contributed by atoms with E-state index in [1.54, 1.807) is 24.3 Å². The van der Waals surface area contributed by atoms with E-state index < -0.39 is 0 Å². The molecular formula is C10H11O2. The third-order valence-corrected chi connectivity index (χ3v) is 1.53. The molecular weight excluding hydrogens is 152 g/mol. The Morgan fingerprint density at radius 3 is 2.75 bits per heavy atom. The number of carbonyl (C=O) groups excluding carboxylic acids is 1. The Labute approximate surface area is 72.2 Å². The first-order valence-corrected chi connectivity index (χ1v) is 3.95. The highest BCUT2D eigenvalue weighted by Crippen LogP contribution is 2.10. The quantitative estimate of drug-likeness (QED) is 0.633. The van der Waals surface area contributed by atoms with E-state index in [2.05, 4.69) is 6.07 Å². The van der Waals surface area contributed by atoms with Gasteiger partial charge in [-0.1, -0.05) is 19.1 Å². The van der Waals surface area contributed by atoms with Crippen molar-refractivity contribution in [3.63, 3.8) is 0 Å².